The van der Waals surface area contributed by atoms with Gasteiger partial charge in [0.15, 0.2) is 4.90 Å². The van der Waals surface area contributed by atoms with Crippen molar-refractivity contribution < 1.29 is 17.9 Å². The van der Waals surface area contributed by atoms with Crippen LogP contribution in [0.4, 0.5) is 10.5 Å². The largest absolute Gasteiger partial charge is 0.476 e. The van der Waals surface area contributed by atoms with Crippen molar-refractivity contribution in [3.63, 3.8) is 0 Å². The van der Waals surface area contributed by atoms with Gasteiger partial charge in [0.05, 0.1) is 25.0 Å². The van der Waals surface area contributed by atoms with E-state index < -0.39 is 16.1 Å². The van der Waals surface area contributed by atoms with E-state index in [-0.39, 0.29) is 16.2 Å². The molecule has 1 unspecified atom stereocenters. The molecule has 3 heterocycles. The summed E-state index contributed by atoms with van der Waals surface area (Å²) in [5, 5.41) is 6.98. The molecule has 5 rings (SSSR count). The number of pyridine rings is 1. The summed E-state index contributed by atoms with van der Waals surface area (Å²) in [6.07, 6.45) is 5.77. The maximum absolute atomic E-state index is 12.9. The number of carbonyl (C=O) groups is 1. The number of urea groups is 1. The Morgan fingerprint density at radius 1 is 1.26 bits per heavy atom. The second kappa shape index (κ2) is 6.94. The summed E-state index contributed by atoms with van der Waals surface area (Å²) in [7, 11) is -4.14. The number of aromatic nitrogens is 3. The standard InChI is InChI=1S/C21H27N5O4S/c1-12-7-8-14-17(12)23-15-6-4-5-13(15)18(14)24-20(27)25-31(28,29)16-9-22-26-10-21(2,3)11-30-19(16)26/h9,12H,4-8,10-11H2,1-3H3,(H2,23,24,25,27). The van der Waals surface area contributed by atoms with Crippen LogP contribution in [0.1, 0.15) is 62.0 Å². The van der Waals surface area contributed by atoms with Crippen molar-refractivity contribution in [2.24, 2.45) is 5.41 Å². The highest BCUT2D eigenvalue weighted by Gasteiger charge is 2.35. The Morgan fingerprint density at radius 2 is 2.06 bits per heavy atom. The third kappa shape index (κ3) is 3.46. The quantitative estimate of drug-likeness (QED) is 0.751. The van der Waals surface area contributed by atoms with Crippen LogP contribution in [-0.2, 0) is 35.8 Å². The normalized spacial score (nSPS) is 21.1. The summed E-state index contributed by atoms with van der Waals surface area (Å²) >= 11 is 0. The van der Waals surface area contributed by atoms with Gasteiger partial charge in [-0.3, -0.25) is 4.98 Å². The highest BCUT2D eigenvalue weighted by Crippen LogP contribution is 2.41. The predicted octanol–water partition coefficient (Wildman–Crippen LogP) is 2.75. The molecule has 9 nitrogen and oxygen atoms in total. The van der Waals surface area contributed by atoms with Gasteiger partial charge in [-0.2, -0.15) is 5.10 Å². The van der Waals surface area contributed by atoms with Gasteiger partial charge in [-0.25, -0.2) is 22.6 Å². The van der Waals surface area contributed by atoms with E-state index in [1.165, 1.54) is 10.9 Å². The smallest absolute Gasteiger partial charge is 0.333 e. The highest BCUT2D eigenvalue weighted by molar-refractivity contribution is 7.90. The lowest BCUT2D eigenvalue weighted by Gasteiger charge is -2.30. The summed E-state index contributed by atoms with van der Waals surface area (Å²) < 4.78 is 35.2. The molecule has 0 fully saturated rings. The van der Waals surface area contributed by atoms with Gasteiger partial charge in [-0.1, -0.05) is 20.8 Å². The van der Waals surface area contributed by atoms with E-state index in [4.69, 9.17) is 9.72 Å². The van der Waals surface area contributed by atoms with Crippen molar-refractivity contribution in [1.29, 1.82) is 0 Å². The molecule has 31 heavy (non-hydrogen) atoms. The minimum Gasteiger partial charge on any atom is -0.476 e. The maximum atomic E-state index is 12.9. The van der Waals surface area contributed by atoms with Crippen molar-refractivity contribution in [3.05, 3.63) is 28.7 Å². The Balaban J connectivity index is 1.40. The van der Waals surface area contributed by atoms with E-state index in [1.54, 1.807) is 0 Å². The number of aryl methyl sites for hydroxylation is 1. The monoisotopic (exact) mass is 445 g/mol. The fourth-order valence-corrected chi connectivity index (χ4v) is 5.77. The number of nitrogens with zero attached hydrogens (tertiary/aromatic N) is 3. The number of anilines is 1. The Bertz CT molecular complexity index is 1180. The number of nitrogens with one attached hydrogen (secondary N) is 2. The molecular formula is C21H27N5O4S. The summed E-state index contributed by atoms with van der Waals surface area (Å²) in [5.74, 6) is 0.507. The molecule has 2 amide bonds. The Morgan fingerprint density at radius 3 is 2.87 bits per heavy atom. The second-order valence-electron chi connectivity index (χ2n) is 9.55. The van der Waals surface area contributed by atoms with Crippen LogP contribution < -0.4 is 14.8 Å². The van der Waals surface area contributed by atoms with E-state index in [2.05, 4.69) is 22.1 Å². The highest BCUT2D eigenvalue weighted by atomic mass is 32.2. The van der Waals surface area contributed by atoms with Crippen molar-refractivity contribution in [1.82, 2.24) is 19.5 Å². The van der Waals surface area contributed by atoms with Crippen LogP contribution in [0.25, 0.3) is 0 Å². The van der Waals surface area contributed by atoms with Crippen molar-refractivity contribution in [2.45, 2.75) is 70.2 Å². The molecule has 0 spiro atoms. The number of carbonyl (C=O) groups excluding carboxylic acids is 1. The molecule has 1 atom stereocenters. The zero-order valence-corrected chi connectivity index (χ0v) is 18.8. The molecular weight excluding hydrogens is 418 g/mol. The number of ether oxygens (including phenoxy) is 1. The molecule has 2 N–H and O–H groups in total. The fourth-order valence-electron chi connectivity index (χ4n) is 4.78. The van der Waals surface area contributed by atoms with E-state index in [0.29, 0.717) is 19.1 Å². The molecule has 0 aromatic carbocycles. The Labute approximate surface area is 181 Å². The molecule has 2 aromatic rings. The van der Waals surface area contributed by atoms with E-state index in [9.17, 15) is 13.2 Å². The molecule has 2 aromatic heterocycles. The molecule has 0 bridgehead atoms. The number of fused-ring (bicyclic) bond motifs is 3. The van der Waals surface area contributed by atoms with E-state index in [1.807, 2.05) is 13.8 Å². The van der Waals surface area contributed by atoms with E-state index >= 15 is 0 Å². The summed E-state index contributed by atoms with van der Waals surface area (Å²) in [4.78, 5) is 17.5. The first-order valence-corrected chi connectivity index (χ1v) is 12.2. The molecule has 166 valence electrons. The SMILES string of the molecule is CC1CCc2c1nc1c(c2NC(=O)NS(=O)(=O)c2cnn3c2OCC(C)(C)C3)CCC1. The number of sulfonamides is 1. The van der Waals surface area contributed by atoms with Crippen molar-refractivity contribution in [2.75, 3.05) is 11.9 Å². The topological polar surface area (TPSA) is 115 Å². The fraction of sp³-hybridized carbons (Fsp3) is 0.571. The van der Waals surface area contributed by atoms with Gasteiger partial charge in [0.25, 0.3) is 10.0 Å². The van der Waals surface area contributed by atoms with Gasteiger partial charge in [0, 0.05) is 16.8 Å². The maximum Gasteiger partial charge on any atom is 0.333 e. The van der Waals surface area contributed by atoms with Crippen LogP contribution >= 0.6 is 0 Å². The molecule has 3 aliphatic rings. The molecule has 0 saturated heterocycles. The van der Waals surface area contributed by atoms with Crippen LogP contribution in [0.2, 0.25) is 0 Å². The van der Waals surface area contributed by atoms with Crippen molar-refractivity contribution in [3.8, 4) is 5.88 Å². The molecule has 0 radical (unpaired) electrons. The van der Waals surface area contributed by atoms with Crippen LogP contribution in [0.5, 0.6) is 5.88 Å². The summed E-state index contributed by atoms with van der Waals surface area (Å²) in [5.41, 5.74) is 4.71. The zero-order chi connectivity index (χ0) is 22.0. The van der Waals surface area contributed by atoms with Crippen LogP contribution in [-0.4, -0.2) is 35.8 Å². The minimum atomic E-state index is -4.14. The first-order valence-electron chi connectivity index (χ1n) is 10.7. The molecule has 2 aliphatic carbocycles. The number of amides is 2. The first kappa shape index (κ1) is 20.3. The first-order chi connectivity index (χ1) is 14.6. The van der Waals surface area contributed by atoms with E-state index in [0.717, 1.165) is 60.3 Å². The van der Waals surface area contributed by atoms with Gasteiger partial charge >= 0.3 is 6.03 Å². The van der Waals surface area contributed by atoms with Gasteiger partial charge < -0.3 is 10.1 Å². The average molecular weight is 446 g/mol. The molecule has 10 heteroatoms. The minimum absolute atomic E-state index is 0.128. The molecule has 0 saturated carbocycles. The lowest BCUT2D eigenvalue weighted by molar-refractivity contribution is 0.0970. The van der Waals surface area contributed by atoms with Gasteiger partial charge in [0.2, 0.25) is 5.88 Å². The number of rotatable bonds is 3. The molecule has 1 aliphatic heterocycles. The predicted molar refractivity (Wildman–Crippen MR) is 114 cm³/mol. The Hall–Kier alpha value is -2.62. The average Bonchev–Trinajstić information content (AvgIpc) is 3.39. The van der Waals surface area contributed by atoms with Crippen molar-refractivity contribution >= 4 is 21.7 Å². The lowest BCUT2D eigenvalue weighted by Crippen LogP contribution is -2.36. The summed E-state index contributed by atoms with van der Waals surface area (Å²) in [6, 6.07) is -0.779. The third-order valence-corrected chi connectivity index (χ3v) is 7.66. The zero-order valence-electron chi connectivity index (χ0n) is 18.0. The number of hydrogen-bond donors (Lipinski definition) is 2. The third-order valence-electron chi connectivity index (χ3n) is 6.34. The van der Waals surface area contributed by atoms with Gasteiger partial charge in [0.1, 0.15) is 0 Å². The summed E-state index contributed by atoms with van der Waals surface area (Å²) in [6.45, 7) is 7.09. The Kier molecular flexibility index (Phi) is 4.55. The van der Waals surface area contributed by atoms with Crippen LogP contribution in [0, 0.1) is 5.41 Å². The van der Waals surface area contributed by atoms with Gasteiger partial charge in [-0.15, -0.1) is 0 Å². The lowest BCUT2D eigenvalue weighted by atomic mass is 9.94. The van der Waals surface area contributed by atoms with Gasteiger partial charge in [-0.05, 0) is 49.1 Å². The van der Waals surface area contributed by atoms with Crippen LogP contribution in [0.3, 0.4) is 0 Å². The second-order valence-corrected chi connectivity index (χ2v) is 11.2. The number of hydrogen-bond acceptors (Lipinski definition) is 6. The van der Waals surface area contributed by atoms with Crippen LogP contribution in [0.15, 0.2) is 11.1 Å².